The lowest BCUT2D eigenvalue weighted by Gasteiger charge is -2.23. The van der Waals surface area contributed by atoms with Crippen molar-refractivity contribution in [3.63, 3.8) is 0 Å². The van der Waals surface area contributed by atoms with Gasteiger partial charge in [-0.25, -0.2) is 5.32 Å². The molecule has 2 unspecified atom stereocenters. The van der Waals surface area contributed by atoms with Crippen LogP contribution in [0.15, 0.2) is 0 Å². The summed E-state index contributed by atoms with van der Waals surface area (Å²) in [5.74, 6) is 0. The lowest BCUT2D eigenvalue weighted by molar-refractivity contribution is -0.770. The van der Waals surface area contributed by atoms with Gasteiger partial charge in [0.25, 0.3) is 5.09 Å². The van der Waals surface area contributed by atoms with Crippen molar-refractivity contribution in [1.29, 1.82) is 0 Å². The van der Waals surface area contributed by atoms with E-state index in [1.54, 1.807) is 0 Å². The minimum Gasteiger partial charge on any atom is -0.307 e. The zero-order valence-electron chi connectivity index (χ0n) is 6.41. The second-order valence-corrected chi connectivity index (χ2v) is 2.33. The van der Waals surface area contributed by atoms with Crippen molar-refractivity contribution in [2.45, 2.75) is 12.5 Å². The van der Waals surface area contributed by atoms with Crippen molar-refractivity contribution >= 4 is 0 Å². The normalized spacial score (nSPS) is 28.0. The molecule has 0 aromatic rings. The summed E-state index contributed by atoms with van der Waals surface area (Å²) in [4.78, 5) is 23.4. The summed E-state index contributed by atoms with van der Waals surface area (Å²) in [7, 11) is 0. The van der Waals surface area contributed by atoms with Gasteiger partial charge in [-0.3, -0.25) is 10.1 Å². The minimum atomic E-state index is -1.30. The molecule has 0 aromatic carbocycles. The lowest BCUT2D eigenvalue weighted by Crippen LogP contribution is -2.51. The molecule has 2 atom stereocenters. The molecule has 13 heavy (non-hydrogen) atoms. The third-order valence-electron chi connectivity index (χ3n) is 1.39. The van der Waals surface area contributed by atoms with E-state index >= 15 is 0 Å². The molecule has 1 fully saturated rings. The summed E-state index contributed by atoms with van der Waals surface area (Å²) in [6.07, 6.45) is -2.09. The molecule has 1 aliphatic rings. The summed E-state index contributed by atoms with van der Waals surface area (Å²) in [6, 6.07) is 0. The Kier molecular flexibility index (Phi) is 2.93. The lowest BCUT2D eigenvalue weighted by atomic mass is 10.3. The van der Waals surface area contributed by atoms with Gasteiger partial charge in [0.2, 0.25) is 0 Å². The van der Waals surface area contributed by atoms with E-state index in [2.05, 4.69) is 14.9 Å². The molecule has 1 N–H and O–H groups in total. The molecule has 0 aliphatic carbocycles. The SMILES string of the molecule is O=[N+]([O-])OC1CNC([N+](=O)[O-])OC1. The number of nitrogens with one attached hydrogen (secondary N) is 1. The highest BCUT2D eigenvalue weighted by molar-refractivity contribution is 4.63. The van der Waals surface area contributed by atoms with Crippen molar-refractivity contribution in [3.05, 3.63) is 20.2 Å². The van der Waals surface area contributed by atoms with Gasteiger partial charge in [0.05, 0.1) is 11.5 Å². The summed E-state index contributed by atoms with van der Waals surface area (Å²) in [5.41, 5.74) is 0. The Morgan fingerprint density at radius 1 is 1.46 bits per heavy atom. The third-order valence-corrected chi connectivity index (χ3v) is 1.39. The molecular weight excluding hydrogens is 186 g/mol. The number of rotatable bonds is 3. The molecule has 1 rings (SSSR count). The third kappa shape index (κ3) is 2.80. The van der Waals surface area contributed by atoms with E-state index in [4.69, 9.17) is 0 Å². The summed E-state index contributed by atoms with van der Waals surface area (Å²) in [5, 5.41) is 21.3. The van der Waals surface area contributed by atoms with Crippen LogP contribution in [0, 0.1) is 20.2 Å². The molecule has 1 aliphatic heterocycles. The zero-order chi connectivity index (χ0) is 9.84. The first-order valence-electron chi connectivity index (χ1n) is 3.39. The highest BCUT2D eigenvalue weighted by Crippen LogP contribution is 2.02. The Morgan fingerprint density at radius 2 is 2.15 bits per heavy atom. The summed E-state index contributed by atoms with van der Waals surface area (Å²) < 4.78 is 4.61. The first-order chi connectivity index (χ1) is 6.09. The van der Waals surface area contributed by atoms with Crippen molar-refractivity contribution in [2.24, 2.45) is 0 Å². The van der Waals surface area contributed by atoms with Crippen molar-refractivity contribution in [3.8, 4) is 0 Å². The topological polar surface area (TPSA) is 117 Å². The quantitative estimate of drug-likeness (QED) is 0.439. The molecule has 0 aromatic heterocycles. The van der Waals surface area contributed by atoms with Crippen LogP contribution < -0.4 is 5.32 Å². The monoisotopic (exact) mass is 193 g/mol. The van der Waals surface area contributed by atoms with Gasteiger partial charge in [0.15, 0.2) is 0 Å². The van der Waals surface area contributed by atoms with Crippen molar-refractivity contribution in [1.82, 2.24) is 5.32 Å². The Hall–Kier alpha value is -1.48. The van der Waals surface area contributed by atoms with Gasteiger partial charge in [-0.05, 0) is 0 Å². The number of hydrogen-bond donors (Lipinski definition) is 1. The summed E-state index contributed by atoms with van der Waals surface area (Å²) >= 11 is 0. The standard InChI is InChI=1S/C4H7N3O6/c8-6(9)4-5-1-3(2-12-4)13-7(10)11/h3-5H,1-2H2. The van der Waals surface area contributed by atoms with Gasteiger partial charge >= 0.3 is 6.35 Å². The van der Waals surface area contributed by atoms with Crippen LogP contribution in [0.5, 0.6) is 0 Å². The molecule has 9 heteroatoms. The molecule has 0 spiro atoms. The predicted octanol–water partition coefficient (Wildman–Crippen LogP) is -1.26. The highest BCUT2D eigenvalue weighted by atomic mass is 17.0. The maximum Gasteiger partial charge on any atom is 0.376 e. The molecule has 74 valence electrons. The molecule has 0 radical (unpaired) electrons. The number of hydrogen-bond acceptors (Lipinski definition) is 7. The molecule has 1 heterocycles. The second kappa shape index (κ2) is 3.96. The Morgan fingerprint density at radius 3 is 2.54 bits per heavy atom. The van der Waals surface area contributed by atoms with E-state index in [-0.39, 0.29) is 13.2 Å². The smallest absolute Gasteiger partial charge is 0.307 e. The largest absolute Gasteiger partial charge is 0.376 e. The van der Waals surface area contributed by atoms with Gasteiger partial charge in [-0.1, -0.05) is 0 Å². The van der Waals surface area contributed by atoms with Crippen LogP contribution in [-0.4, -0.2) is 35.6 Å². The minimum absolute atomic E-state index is 0.0205. The Bertz CT molecular complexity index is 212. The van der Waals surface area contributed by atoms with E-state index in [0.29, 0.717) is 0 Å². The van der Waals surface area contributed by atoms with Crippen LogP contribution in [0.1, 0.15) is 0 Å². The van der Waals surface area contributed by atoms with Gasteiger partial charge in [-0.2, -0.15) is 0 Å². The summed E-state index contributed by atoms with van der Waals surface area (Å²) in [6.45, 7) is -0.147. The van der Waals surface area contributed by atoms with E-state index < -0.39 is 22.5 Å². The zero-order valence-corrected chi connectivity index (χ0v) is 6.41. The first-order valence-corrected chi connectivity index (χ1v) is 3.39. The molecule has 0 bridgehead atoms. The second-order valence-electron chi connectivity index (χ2n) is 2.33. The number of ether oxygens (including phenoxy) is 1. The van der Waals surface area contributed by atoms with Crippen LogP contribution in [-0.2, 0) is 9.57 Å². The fourth-order valence-electron chi connectivity index (χ4n) is 0.873. The van der Waals surface area contributed by atoms with Gasteiger partial charge in [0, 0.05) is 6.54 Å². The number of nitrogens with zero attached hydrogens (tertiary/aromatic N) is 2. The molecule has 9 nitrogen and oxygen atoms in total. The van der Waals surface area contributed by atoms with Gasteiger partial charge in [0.1, 0.15) is 6.10 Å². The van der Waals surface area contributed by atoms with Crippen molar-refractivity contribution < 1.29 is 19.6 Å². The van der Waals surface area contributed by atoms with Crippen LogP contribution in [0.4, 0.5) is 0 Å². The fraction of sp³-hybridized carbons (Fsp3) is 1.00. The van der Waals surface area contributed by atoms with Crippen LogP contribution >= 0.6 is 0 Å². The van der Waals surface area contributed by atoms with E-state index in [1.165, 1.54) is 0 Å². The maximum atomic E-state index is 10.1. The van der Waals surface area contributed by atoms with Crippen LogP contribution in [0.25, 0.3) is 0 Å². The van der Waals surface area contributed by atoms with Crippen molar-refractivity contribution in [2.75, 3.05) is 13.2 Å². The Balaban J connectivity index is 2.30. The van der Waals surface area contributed by atoms with E-state index in [9.17, 15) is 20.2 Å². The van der Waals surface area contributed by atoms with E-state index in [1.807, 2.05) is 0 Å². The molecular formula is C4H7N3O6. The van der Waals surface area contributed by atoms with Gasteiger partial charge in [-0.15, -0.1) is 10.1 Å². The van der Waals surface area contributed by atoms with Crippen LogP contribution in [0.3, 0.4) is 0 Å². The van der Waals surface area contributed by atoms with E-state index in [0.717, 1.165) is 0 Å². The first kappa shape index (κ1) is 9.61. The Labute approximate surface area is 71.9 Å². The molecule has 0 saturated carbocycles. The maximum absolute atomic E-state index is 10.1. The fourth-order valence-corrected chi connectivity index (χ4v) is 0.873. The predicted molar refractivity (Wildman–Crippen MR) is 36.6 cm³/mol. The number of nitro groups is 1. The van der Waals surface area contributed by atoms with Crippen LogP contribution in [0.2, 0.25) is 0 Å². The van der Waals surface area contributed by atoms with Gasteiger partial charge < -0.3 is 9.57 Å². The highest BCUT2D eigenvalue weighted by Gasteiger charge is 2.30. The molecule has 1 saturated heterocycles. The average molecular weight is 193 g/mol. The average Bonchev–Trinajstić information content (AvgIpc) is 2.04. The molecule has 0 amide bonds.